The number of benzene rings is 1. The molecule has 1 aromatic carbocycles. The molecule has 1 rings (SSSR count). The van der Waals surface area contributed by atoms with Crippen LogP contribution in [0, 0.1) is 0 Å². The second kappa shape index (κ2) is 9.97. The van der Waals surface area contributed by atoms with Gasteiger partial charge in [-0.05, 0) is 30.7 Å². The lowest BCUT2D eigenvalue weighted by Gasteiger charge is -2.11. The van der Waals surface area contributed by atoms with E-state index in [9.17, 15) is 23.2 Å². The van der Waals surface area contributed by atoms with E-state index in [1.807, 2.05) is 5.32 Å². The molecule has 0 aliphatic carbocycles. The van der Waals surface area contributed by atoms with Gasteiger partial charge in [0.2, 0.25) is 0 Å². The Hall–Kier alpha value is -3.17. The number of esters is 1. The van der Waals surface area contributed by atoms with Crippen LogP contribution in [0.4, 0.5) is 13.6 Å². The minimum absolute atomic E-state index is 0.0548. The average Bonchev–Trinajstić information content (AvgIpc) is 2.59. The predicted octanol–water partition coefficient (Wildman–Crippen LogP) is 1.70. The van der Waals surface area contributed by atoms with Gasteiger partial charge in [-0.3, -0.25) is 10.1 Å². The summed E-state index contributed by atoms with van der Waals surface area (Å²) < 4.78 is 38.6. The highest BCUT2D eigenvalue weighted by molar-refractivity contribution is 5.97. The molecule has 142 valence electrons. The molecule has 8 nitrogen and oxygen atoms in total. The third-order valence-corrected chi connectivity index (χ3v) is 2.94. The zero-order valence-electron chi connectivity index (χ0n) is 14.2. The van der Waals surface area contributed by atoms with Gasteiger partial charge in [0.15, 0.2) is 17.6 Å². The number of methoxy groups -OCH3 is 1. The first-order chi connectivity index (χ1) is 12.3. The van der Waals surface area contributed by atoms with Crippen molar-refractivity contribution in [2.24, 2.45) is 0 Å². The largest absolute Gasteiger partial charge is 0.493 e. The normalized spacial score (nSPS) is 11.8. The maximum Gasteiger partial charge on any atom is 0.387 e. The van der Waals surface area contributed by atoms with Crippen molar-refractivity contribution in [2.45, 2.75) is 19.6 Å². The number of urea groups is 1. The second-order valence-corrected chi connectivity index (χ2v) is 4.77. The van der Waals surface area contributed by atoms with Crippen LogP contribution in [0.15, 0.2) is 24.3 Å². The standard InChI is InChI=1S/C16H18F2N2O6/c1-9(14(22)20-16(23)19-2)25-13(21)7-5-10-4-6-11(26-15(17)18)12(8-10)24-3/h4-9,15H,1-3H3,(H2,19,20,22,23)/b7-5+/t9-/m0/s1. The maximum absolute atomic E-state index is 12.3. The van der Waals surface area contributed by atoms with Gasteiger partial charge in [-0.15, -0.1) is 0 Å². The van der Waals surface area contributed by atoms with Gasteiger partial charge in [-0.25, -0.2) is 9.59 Å². The van der Waals surface area contributed by atoms with Crippen LogP contribution in [0.5, 0.6) is 11.5 Å². The van der Waals surface area contributed by atoms with E-state index in [1.165, 1.54) is 45.4 Å². The summed E-state index contributed by atoms with van der Waals surface area (Å²) in [6.45, 7) is -1.70. The number of nitrogens with one attached hydrogen (secondary N) is 2. The van der Waals surface area contributed by atoms with E-state index in [0.29, 0.717) is 5.56 Å². The number of carbonyl (C=O) groups is 3. The van der Waals surface area contributed by atoms with Gasteiger partial charge in [0, 0.05) is 13.1 Å². The summed E-state index contributed by atoms with van der Waals surface area (Å²) in [6, 6.07) is 3.33. The van der Waals surface area contributed by atoms with Gasteiger partial charge in [0.05, 0.1) is 7.11 Å². The highest BCUT2D eigenvalue weighted by Crippen LogP contribution is 2.29. The molecule has 3 amide bonds. The number of amides is 3. The Morgan fingerprint density at radius 3 is 2.46 bits per heavy atom. The summed E-state index contributed by atoms with van der Waals surface area (Å²) in [6.07, 6.45) is 1.17. The van der Waals surface area contributed by atoms with E-state index in [1.54, 1.807) is 0 Å². The molecule has 2 N–H and O–H groups in total. The number of ether oxygens (including phenoxy) is 3. The lowest BCUT2D eigenvalue weighted by atomic mass is 10.2. The van der Waals surface area contributed by atoms with Crippen molar-refractivity contribution in [3.63, 3.8) is 0 Å². The second-order valence-electron chi connectivity index (χ2n) is 4.77. The van der Waals surface area contributed by atoms with E-state index < -0.39 is 30.6 Å². The fraction of sp³-hybridized carbons (Fsp3) is 0.312. The topological polar surface area (TPSA) is 103 Å². The van der Waals surface area contributed by atoms with Crippen LogP contribution in [-0.4, -0.2) is 44.8 Å². The molecule has 0 aliphatic heterocycles. The number of rotatable bonds is 7. The van der Waals surface area contributed by atoms with Crippen LogP contribution in [0.3, 0.4) is 0 Å². The quantitative estimate of drug-likeness (QED) is 0.558. The third kappa shape index (κ3) is 6.75. The Kier molecular flexibility index (Phi) is 8.00. The average molecular weight is 372 g/mol. The Labute approximate surface area is 148 Å². The fourth-order valence-corrected chi connectivity index (χ4v) is 1.69. The SMILES string of the molecule is CNC(=O)NC(=O)[C@H](C)OC(=O)/C=C/c1ccc(OC(F)F)c(OC)c1. The van der Waals surface area contributed by atoms with Crippen molar-refractivity contribution in [3.8, 4) is 11.5 Å². The maximum atomic E-state index is 12.3. The monoisotopic (exact) mass is 372 g/mol. The Morgan fingerprint density at radius 2 is 1.88 bits per heavy atom. The van der Waals surface area contributed by atoms with Crippen molar-refractivity contribution in [3.05, 3.63) is 29.8 Å². The van der Waals surface area contributed by atoms with Crippen molar-refractivity contribution in [1.82, 2.24) is 10.6 Å². The first kappa shape index (κ1) is 20.9. The zero-order valence-corrected chi connectivity index (χ0v) is 14.2. The molecule has 0 aliphatic rings. The minimum Gasteiger partial charge on any atom is -0.493 e. The number of halogens is 2. The van der Waals surface area contributed by atoms with E-state index in [4.69, 9.17) is 9.47 Å². The Bertz CT molecular complexity index is 693. The number of carbonyl (C=O) groups excluding carboxylic acids is 3. The van der Waals surface area contributed by atoms with Crippen LogP contribution in [0.25, 0.3) is 6.08 Å². The predicted molar refractivity (Wildman–Crippen MR) is 86.8 cm³/mol. The first-order valence-corrected chi connectivity index (χ1v) is 7.31. The van der Waals surface area contributed by atoms with E-state index in [0.717, 1.165) is 6.08 Å². The van der Waals surface area contributed by atoms with Crippen molar-refractivity contribution >= 4 is 24.0 Å². The molecule has 0 radical (unpaired) electrons. The van der Waals surface area contributed by atoms with Gasteiger partial charge >= 0.3 is 18.6 Å². The number of hydrogen-bond acceptors (Lipinski definition) is 6. The van der Waals surface area contributed by atoms with E-state index >= 15 is 0 Å². The summed E-state index contributed by atoms with van der Waals surface area (Å²) in [5.74, 6) is -1.72. The summed E-state index contributed by atoms with van der Waals surface area (Å²) in [5.41, 5.74) is 0.447. The molecule has 10 heteroatoms. The van der Waals surface area contributed by atoms with Gasteiger partial charge in [-0.2, -0.15) is 8.78 Å². The molecular weight excluding hydrogens is 354 g/mol. The summed E-state index contributed by atoms with van der Waals surface area (Å²) in [7, 11) is 2.61. The highest BCUT2D eigenvalue weighted by atomic mass is 19.3. The summed E-state index contributed by atoms with van der Waals surface area (Å²) in [5, 5.41) is 4.15. The Balaban J connectivity index is 2.70. The lowest BCUT2D eigenvalue weighted by Crippen LogP contribution is -2.43. The van der Waals surface area contributed by atoms with Gasteiger partial charge in [0.1, 0.15) is 0 Å². The van der Waals surface area contributed by atoms with Crippen LogP contribution < -0.4 is 20.1 Å². The van der Waals surface area contributed by atoms with Crippen molar-refractivity contribution in [2.75, 3.05) is 14.2 Å². The molecule has 26 heavy (non-hydrogen) atoms. The van der Waals surface area contributed by atoms with Crippen molar-refractivity contribution < 1.29 is 37.4 Å². The Morgan fingerprint density at radius 1 is 1.19 bits per heavy atom. The molecule has 0 fully saturated rings. The molecule has 0 unspecified atom stereocenters. The van der Waals surface area contributed by atoms with E-state index in [-0.39, 0.29) is 11.5 Å². The van der Waals surface area contributed by atoms with E-state index in [2.05, 4.69) is 10.1 Å². The summed E-state index contributed by atoms with van der Waals surface area (Å²) in [4.78, 5) is 34.3. The molecule has 0 bridgehead atoms. The van der Waals surface area contributed by atoms with Crippen molar-refractivity contribution in [1.29, 1.82) is 0 Å². The van der Waals surface area contributed by atoms with Gasteiger partial charge in [-0.1, -0.05) is 6.07 Å². The molecule has 0 aromatic heterocycles. The molecule has 1 aromatic rings. The summed E-state index contributed by atoms with van der Waals surface area (Å²) >= 11 is 0. The van der Waals surface area contributed by atoms with Gasteiger partial charge in [0.25, 0.3) is 5.91 Å². The highest BCUT2D eigenvalue weighted by Gasteiger charge is 2.18. The number of imide groups is 1. The molecule has 0 heterocycles. The number of alkyl halides is 2. The molecule has 0 saturated carbocycles. The number of hydrogen-bond donors (Lipinski definition) is 2. The molecule has 0 saturated heterocycles. The van der Waals surface area contributed by atoms with Crippen LogP contribution in [0.1, 0.15) is 12.5 Å². The minimum atomic E-state index is -3.00. The third-order valence-electron chi connectivity index (χ3n) is 2.94. The van der Waals surface area contributed by atoms with Crippen LogP contribution in [-0.2, 0) is 14.3 Å². The fourth-order valence-electron chi connectivity index (χ4n) is 1.69. The lowest BCUT2D eigenvalue weighted by molar-refractivity contribution is -0.149. The smallest absolute Gasteiger partial charge is 0.387 e. The molecule has 1 atom stereocenters. The van der Waals surface area contributed by atoms with Gasteiger partial charge < -0.3 is 19.5 Å². The van der Waals surface area contributed by atoms with Crippen LogP contribution >= 0.6 is 0 Å². The molecular formula is C16H18F2N2O6. The zero-order chi connectivity index (χ0) is 19.7. The van der Waals surface area contributed by atoms with Crippen LogP contribution in [0.2, 0.25) is 0 Å². The first-order valence-electron chi connectivity index (χ1n) is 7.31. The molecule has 0 spiro atoms.